The van der Waals surface area contributed by atoms with Crippen LogP contribution in [-0.2, 0) is 4.79 Å². The van der Waals surface area contributed by atoms with Gasteiger partial charge in [0.15, 0.2) is 22.9 Å². The summed E-state index contributed by atoms with van der Waals surface area (Å²) in [5, 5.41) is 5.19. The lowest BCUT2D eigenvalue weighted by atomic mass is 10.2. The van der Waals surface area contributed by atoms with E-state index in [1.165, 1.54) is 17.4 Å². The zero-order valence-electron chi connectivity index (χ0n) is 13.5. The summed E-state index contributed by atoms with van der Waals surface area (Å²) < 4.78 is 31.9. The van der Waals surface area contributed by atoms with E-state index in [9.17, 15) is 13.6 Å². The Morgan fingerprint density at radius 3 is 2.62 bits per heavy atom. The second-order valence-electron chi connectivity index (χ2n) is 5.37. The number of halogens is 3. The average molecular weight is 395 g/mol. The maximum Gasteiger partial charge on any atom is 0.266 e. The van der Waals surface area contributed by atoms with Crippen LogP contribution in [0, 0.1) is 11.6 Å². The molecule has 3 aromatic rings. The largest absolute Gasteiger partial charge is 0.481 e. The van der Waals surface area contributed by atoms with Crippen LogP contribution in [0.3, 0.4) is 0 Å². The van der Waals surface area contributed by atoms with E-state index in [-0.39, 0.29) is 5.91 Å². The highest BCUT2D eigenvalue weighted by Crippen LogP contribution is 2.26. The molecule has 0 fully saturated rings. The van der Waals surface area contributed by atoms with Crippen molar-refractivity contribution < 1.29 is 18.3 Å². The van der Waals surface area contributed by atoms with E-state index in [4.69, 9.17) is 16.3 Å². The highest BCUT2D eigenvalue weighted by Gasteiger charge is 2.17. The van der Waals surface area contributed by atoms with Gasteiger partial charge in [-0.3, -0.25) is 10.1 Å². The summed E-state index contributed by atoms with van der Waals surface area (Å²) in [6, 6.07) is 10.2. The maximum atomic E-state index is 13.3. The SMILES string of the molecule is CC(Oc1ccc(Cl)cc1)C(=O)Nc1nc(-c2ccc(F)c(F)c2)cs1. The lowest BCUT2D eigenvalue weighted by Gasteiger charge is -2.13. The highest BCUT2D eigenvalue weighted by atomic mass is 35.5. The molecule has 1 N–H and O–H groups in total. The van der Waals surface area contributed by atoms with E-state index in [1.54, 1.807) is 36.6 Å². The van der Waals surface area contributed by atoms with E-state index >= 15 is 0 Å². The predicted octanol–water partition coefficient (Wildman–Crippen LogP) is 5.15. The van der Waals surface area contributed by atoms with Gasteiger partial charge in [0.25, 0.3) is 5.91 Å². The molecule has 0 bridgehead atoms. The Kier molecular flexibility index (Phi) is 5.49. The van der Waals surface area contributed by atoms with Crippen molar-refractivity contribution in [2.75, 3.05) is 5.32 Å². The fourth-order valence-electron chi connectivity index (χ4n) is 2.10. The highest BCUT2D eigenvalue weighted by molar-refractivity contribution is 7.14. The molecule has 0 aliphatic heterocycles. The van der Waals surface area contributed by atoms with Crippen LogP contribution >= 0.6 is 22.9 Å². The van der Waals surface area contributed by atoms with Gasteiger partial charge < -0.3 is 4.74 Å². The van der Waals surface area contributed by atoms with E-state index in [0.717, 1.165) is 12.1 Å². The van der Waals surface area contributed by atoms with Crippen molar-refractivity contribution in [1.29, 1.82) is 0 Å². The molecular formula is C18H13ClF2N2O2S. The van der Waals surface area contributed by atoms with Crippen LogP contribution in [0.4, 0.5) is 13.9 Å². The zero-order chi connectivity index (χ0) is 18.7. The Labute approximate surface area is 157 Å². The third-order valence-corrected chi connectivity index (χ3v) is 4.46. The molecular weight excluding hydrogens is 382 g/mol. The summed E-state index contributed by atoms with van der Waals surface area (Å²) in [7, 11) is 0. The summed E-state index contributed by atoms with van der Waals surface area (Å²) in [6.07, 6.45) is -0.758. The molecule has 0 saturated heterocycles. The van der Waals surface area contributed by atoms with Crippen LogP contribution in [0.25, 0.3) is 11.3 Å². The molecule has 134 valence electrons. The Morgan fingerprint density at radius 2 is 1.92 bits per heavy atom. The van der Waals surface area contributed by atoms with E-state index in [2.05, 4.69) is 10.3 Å². The molecule has 1 unspecified atom stereocenters. The van der Waals surface area contributed by atoms with Crippen LogP contribution < -0.4 is 10.1 Å². The number of carbonyl (C=O) groups is 1. The van der Waals surface area contributed by atoms with Crippen LogP contribution in [0.1, 0.15) is 6.92 Å². The molecule has 26 heavy (non-hydrogen) atoms. The second kappa shape index (κ2) is 7.80. The van der Waals surface area contributed by atoms with Crippen LogP contribution in [0.5, 0.6) is 5.75 Å². The number of ether oxygens (including phenoxy) is 1. The Hall–Kier alpha value is -2.51. The van der Waals surface area contributed by atoms with Crippen molar-refractivity contribution in [2.45, 2.75) is 13.0 Å². The standard InChI is InChI=1S/C18H13ClF2N2O2S/c1-10(25-13-5-3-12(19)4-6-13)17(24)23-18-22-16(9-26-18)11-2-7-14(20)15(21)8-11/h2-10H,1H3,(H,22,23,24). The van der Waals surface area contributed by atoms with Gasteiger partial charge in [-0.15, -0.1) is 11.3 Å². The third-order valence-electron chi connectivity index (χ3n) is 3.45. The minimum atomic E-state index is -0.953. The number of thiazole rings is 1. The van der Waals surface area contributed by atoms with Crippen molar-refractivity contribution >= 4 is 34.0 Å². The van der Waals surface area contributed by atoms with Crippen molar-refractivity contribution in [3.8, 4) is 17.0 Å². The summed E-state index contributed by atoms with van der Waals surface area (Å²) in [6.45, 7) is 1.60. The van der Waals surface area contributed by atoms with Gasteiger partial charge in [0.05, 0.1) is 5.69 Å². The molecule has 0 aliphatic carbocycles. The topological polar surface area (TPSA) is 51.2 Å². The predicted molar refractivity (Wildman–Crippen MR) is 97.6 cm³/mol. The van der Waals surface area contributed by atoms with Gasteiger partial charge in [0.2, 0.25) is 0 Å². The van der Waals surface area contributed by atoms with Crippen molar-refractivity contribution in [1.82, 2.24) is 4.98 Å². The van der Waals surface area contributed by atoms with E-state index in [1.807, 2.05) is 0 Å². The van der Waals surface area contributed by atoms with Gasteiger partial charge in [0.1, 0.15) is 5.75 Å². The minimum absolute atomic E-state index is 0.335. The molecule has 1 amide bonds. The van der Waals surface area contributed by atoms with Gasteiger partial charge in [-0.25, -0.2) is 13.8 Å². The zero-order valence-corrected chi connectivity index (χ0v) is 15.1. The lowest BCUT2D eigenvalue weighted by Crippen LogP contribution is -2.30. The number of nitrogens with one attached hydrogen (secondary N) is 1. The number of benzene rings is 2. The van der Waals surface area contributed by atoms with Gasteiger partial charge in [-0.05, 0) is 49.4 Å². The van der Waals surface area contributed by atoms with Gasteiger partial charge >= 0.3 is 0 Å². The van der Waals surface area contributed by atoms with Gasteiger partial charge in [-0.1, -0.05) is 11.6 Å². The third kappa shape index (κ3) is 4.36. The van der Waals surface area contributed by atoms with Gasteiger partial charge in [-0.2, -0.15) is 0 Å². The number of amides is 1. The fraction of sp³-hybridized carbons (Fsp3) is 0.111. The molecule has 1 aromatic heterocycles. The normalized spacial score (nSPS) is 11.8. The lowest BCUT2D eigenvalue weighted by molar-refractivity contribution is -0.122. The first-order chi connectivity index (χ1) is 12.4. The smallest absolute Gasteiger partial charge is 0.266 e. The number of hydrogen-bond acceptors (Lipinski definition) is 4. The quantitative estimate of drug-likeness (QED) is 0.651. The molecule has 8 heteroatoms. The first kappa shape index (κ1) is 18.3. The molecule has 3 rings (SSSR count). The molecule has 1 heterocycles. The minimum Gasteiger partial charge on any atom is -0.481 e. The molecule has 2 aromatic carbocycles. The monoisotopic (exact) mass is 394 g/mol. The molecule has 0 saturated carbocycles. The first-order valence-electron chi connectivity index (χ1n) is 7.56. The van der Waals surface area contributed by atoms with E-state index in [0.29, 0.717) is 27.2 Å². The number of carbonyl (C=O) groups excluding carboxylic acids is 1. The Bertz CT molecular complexity index is 931. The first-order valence-corrected chi connectivity index (χ1v) is 8.82. The second-order valence-corrected chi connectivity index (χ2v) is 6.66. The molecule has 0 radical (unpaired) electrons. The van der Waals surface area contributed by atoms with E-state index < -0.39 is 17.7 Å². The average Bonchev–Trinajstić information content (AvgIpc) is 3.07. The number of aromatic nitrogens is 1. The number of nitrogens with zero attached hydrogens (tertiary/aromatic N) is 1. The summed E-state index contributed by atoms with van der Waals surface area (Å²) in [5.41, 5.74) is 0.863. The van der Waals surface area contributed by atoms with Crippen molar-refractivity contribution in [3.05, 3.63) is 64.5 Å². The summed E-state index contributed by atoms with van der Waals surface area (Å²) in [5.74, 6) is -1.75. The van der Waals surface area contributed by atoms with Crippen LogP contribution in [0.2, 0.25) is 5.02 Å². The molecule has 4 nitrogen and oxygen atoms in total. The Morgan fingerprint density at radius 1 is 1.19 bits per heavy atom. The molecule has 0 aliphatic rings. The van der Waals surface area contributed by atoms with Crippen LogP contribution in [0.15, 0.2) is 47.8 Å². The summed E-state index contributed by atoms with van der Waals surface area (Å²) >= 11 is 6.98. The summed E-state index contributed by atoms with van der Waals surface area (Å²) in [4.78, 5) is 16.4. The molecule has 1 atom stereocenters. The number of rotatable bonds is 5. The fourth-order valence-corrected chi connectivity index (χ4v) is 2.95. The van der Waals surface area contributed by atoms with Crippen molar-refractivity contribution in [3.63, 3.8) is 0 Å². The maximum absolute atomic E-state index is 13.3. The molecule has 0 spiro atoms. The van der Waals surface area contributed by atoms with Crippen LogP contribution in [-0.4, -0.2) is 17.0 Å². The Balaban J connectivity index is 1.65. The van der Waals surface area contributed by atoms with Gasteiger partial charge in [0, 0.05) is 16.0 Å². The number of anilines is 1. The van der Waals surface area contributed by atoms with Crippen molar-refractivity contribution in [2.24, 2.45) is 0 Å². The number of hydrogen-bond donors (Lipinski definition) is 1.